The zero-order valence-corrected chi connectivity index (χ0v) is 22.8. The van der Waals surface area contributed by atoms with Crippen LogP contribution in [0.1, 0.15) is 18.5 Å². The van der Waals surface area contributed by atoms with E-state index in [1.165, 1.54) is 0 Å². The van der Waals surface area contributed by atoms with Crippen molar-refractivity contribution in [1.82, 2.24) is 14.8 Å². The Balaban J connectivity index is 1.60. The van der Waals surface area contributed by atoms with E-state index in [0.29, 0.717) is 50.1 Å². The van der Waals surface area contributed by atoms with Crippen LogP contribution in [0.15, 0.2) is 78.0 Å². The van der Waals surface area contributed by atoms with Crippen molar-refractivity contribution in [3.05, 3.63) is 93.6 Å². The van der Waals surface area contributed by atoms with E-state index in [0.717, 1.165) is 11.3 Å². The quantitative estimate of drug-likeness (QED) is 0.296. The molecule has 1 aliphatic rings. The Kier molecular flexibility index (Phi) is 7.01. The van der Waals surface area contributed by atoms with Gasteiger partial charge >= 0.3 is 0 Å². The number of benzene rings is 3. The van der Waals surface area contributed by atoms with Gasteiger partial charge in [0.25, 0.3) is 5.91 Å². The molecule has 0 saturated carbocycles. The van der Waals surface area contributed by atoms with Crippen LogP contribution in [0.2, 0.25) is 10.0 Å². The van der Waals surface area contributed by atoms with Crippen LogP contribution in [0.3, 0.4) is 0 Å². The molecule has 3 aromatic carbocycles. The van der Waals surface area contributed by atoms with Crippen molar-refractivity contribution in [3.8, 4) is 17.1 Å². The summed E-state index contributed by atoms with van der Waals surface area (Å²) in [6.07, 6.45) is 0. The third kappa shape index (κ3) is 4.80. The number of anilines is 3. The molecule has 0 aliphatic carbocycles. The highest BCUT2D eigenvalue weighted by atomic mass is 35.5. The van der Waals surface area contributed by atoms with Crippen molar-refractivity contribution in [2.75, 3.05) is 36.7 Å². The van der Waals surface area contributed by atoms with E-state index in [1.54, 1.807) is 42.1 Å². The maximum absolute atomic E-state index is 13.8. The average molecular weight is 549 g/mol. The highest BCUT2D eigenvalue weighted by Crippen LogP contribution is 2.40. The van der Waals surface area contributed by atoms with Gasteiger partial charge < -0.3 is 20.3 Å². The number of rotatable bonds is 6. The molecule has 0 bridgehead atoms. The van der Waals surface area contributed by atoms with Gasteiger partial charge in [-0.25, -0.2) is 4.68 Å². The second-order valence-corrected chi connectivity index (χ2v) is 9.87. The van der Waals surface area contributed by atoms with E-state index in [-0.39, 0.29) is 5.91 Å². The number of amides is 1. The number of ether oxygens (including phenoxy) is 1. The van der Waals surface area contributed by atoms with Crippen LogP contribution >= 0.6 is 23.2 Å². The number of aromatic nitrogens is 3. The van der Waals surface area contributed by atoms with E-state index in [9.17, 15) is 4.79 Å². The minimum absolute atomic E-state index is 0.325. The minimum atomic E-state index is -0.659. The third-order valence-corrected chi connectivity index (χ3v) is 6.91. The molecular weight excluding hydrogens is 523 g/mol. The Bertz CT molecular complexity index is 1550. The number of hydrogen-bond donors (Lipinski definition) is 2. The van der Waals surface area contributed by atoms with E-state index in [4.69, 9.17) is 38.0 Å². The van der Waals surface area contributed by atoms with Gasteiger partial charge in [0.15, 0.2) is 5.82 Å². The summed E-state index contributed by atoms with van der Waals surface area (Å²) in [6.45, 7) is 1.83. The zero-order valence-electron chi connectivity index (χ0n) is 21.3. The van der Waals surface area contributed by atoms with Crippen molar-refractivity contribution in [2.45, 2.75) is 13.0 Å². The molecule has 0 radical (unpaired) electrons. The van der Waals surface area contributed by atoms with Gasteiger partial charge in [-0.05, 0) is 55.5 Å². The highest BCUT2D eigenvalue weighted by molar-refractivity contribution is 6.35. The number of carbonyl (C=O) groups is 1. The molecule has 0 fully saturated rings. The first-order valence-corrected chi connectivity index (χ1v) is 12.6. The number of hydrogen-bond acceptors (Lipinski definition) is 6. The number of carbonyl (C=O) groups excluding carboxylic acids is 1. The second-order valence-electron chi connectivity index (χ2n) is 9.03. The Hall–Kier alpha value is -4.01. The first-order valence-electron chi connectivity index (χ1n) is 11.9. The number of halogens is 2. The predicted molar refractivity (Wildman–Crippen MR) is 152 cm³/mol. The van der Waals surface area contributed by atoms with Gasteiger partial charge in [0.05, 0.1) is 18.4 Å². The molecule has 8 nitrogen and oxygen atoms in total. The maximum atomic E-state index is 13.8. The van der Waals surface area contributed by atoms with Crippen molar-refractivity contribution < 1.29 is 9.53 Å². The summed E-state index contributed by atoms with van der Waals surface area (Å²) in [6, 6.07) is 19.7. The van der Waals surface area contributed by atoms with Crippen LogP contribution in [0, 0.1) is 0 Å². The lowest BCUT2D eigenvalue weighted by Gasteiger charge is -2.29. The largest absolute Gasteiger partial charge is 0.495 e. The normalized spacial score (nSPS) is 14.5. The number of nitrogens with zero attached hydrogens (tertiary/aromatic N) is 4. The second kappa shape index (κ2) is 10.4. The summed E-state index contributed by atoms with van der Waals surface area (Å²) < 4.78 is 7.11. The van der Waals surface area contributed by atoms with Crippen LogP contribution in [-0.2, 0) is 4.79 Å². The fraction of sp³-hybridized carbons (Fsp3) is 0.179. The van der Waals surface area contributed by atoms with Crippen LogP contribution in [0.25, 0.3) is 11.4 Å². The summed E-state index contributed by atoms with van der Waals surface area (Å²) in [5.41, 5.74) is 4.19. The van der Waals surface area contributed by atoms with Gasteiger partial charge in [-0.1, -0.05) is 41.4 Å². The molecule has 1 aliphatic heterocycles. The van der Waals surface area contributed by atoms with Crippen molar-refractivity contribution in [2.24, 2.45) is 0 Å². The Morgan fingerprint density at radius 2 is 1.82 bits per heavy atom. The molecule has 2 heterocycles. The molecule has 2 N–H and O–H groups in total. The average Bonchev–Trinajstić information content (AvgIpc) is 3.32. The lowest BCUT2D eigenvalue weighted by atomic mass is 9.95. The number of methoxy groups -OCH3 is 1. The summed E-state index contributed by atoms with van der Waals surface area (Å²) in [5.74, 6) is 1.24. The number of nitrogens with one attached hydrogen (secondary N) is 2. The van der Waals surface area contributed by atoms with Crippen molar-refractivity contribution in [1.29, 1.82) is 0 Å². The van der Waals surface area contributed by atoms with E-state index < -0.39 is 6.04 Å². The van der Waals surface area contributed by atoms with Crippen molar-refractivity contribution in [3.63, 3.8) is 0 Å². The van der Waals surface area contributed by atoms with Gasteiger partial charge in [-0.3, -0.25) is 4.79 Å². The fourth-order valence-electron chi connectivity index (χ4n) is 4.42. The van der Waals surface area contributed by atoms with Crippen LogP contribution in [-0.4, -0.2) is 41.9 Å². The molecule has 0 spiro atoms. The lowest BCUT2D eigenvalue weighted by Crippen LogP contribution is -2.31. The summed E-state index contributed by atoms with van der Waals surface area (Å²) in [7, 11) is 5.53. The van der Waals surface area contributed by atoms with Crippen molar-refractivity contribution >= 4 is 46.4 Å². The lowest BCUT2D eigenvalue weighted by molar-refractivity contribution is -0.113. The standard InChI is InChI=1S/C28H26Cl2N6O2/c1-16-24(27(37)32-22-7-5-6-8-23(22)38-4)25(20-14-11-18(29)15-21(20)30)36-28(31-16)33-26(34-36)17-9-12-19(13-10-17)35(2)3/h5-15,25H,1-4H3,(H,32,37)(H,31,33,34). The molecule has 10 heteroatoms. The fourth-order valence-corrected chi connectivity index (χ4v) is 4.94. The number of para-hydroxylation sites is 2. The maximum Gasteiger partial charge on any atom is 0.255 e. The smallest absolute Gasteiger partial charge is 0.255 e. The molecule has 0 saturated heterocycles. The summed E-state index contributed by atoms with van der Waals surface area (Å²) in [5, 5.41) is 12.0. The van der Waals surface area contributed by atoms with E-state index >= 15 is 0 Å². The summed E-state index contributed by atoms with van der Waals surface area (Å²) in [4.78, 5) is 20.6. The molecule has 1 amide bonds. The monoisotopic (exact) mass is 548 g/mol. The number of fused-ring (bicyclic) bond motifs is 1. The van der Waals surface area contributed by atoms with Gasteiger partial charge in [-0.2, -0.15) is 4.98 Å². The predicted octanol–water partition coefficient (Wildman–Crippen LogP) is 6.25. The Morgan fingerprint density at radius 3 is 2.50 bits per heavy atom. The molecule has 1 aromatic heterocycles. The zero-order chi connectivity index (χ0) is 27.0. The highest BCUT2D eigenvalue weighted by Gasteiger charge is 2.36. The van der Waals surface area contributed by atoms with E-state index in [2.05, 4.69) is 10.6 Å². The molecule has 1 atom stereocenters. The van der Waals surface area contributed by atoms with Crippen LogP contribution in [0.4, 0.5) is 17.3 Å². The van der Waals surface area contributed by atoms with Gasteiger partial charge in [0, 0.05) is 46.7 Å². The summed E-state index contributed by atoms with van der Waals surface area (Å²) >= 11 is 12.9. The molecule has 38 heavy (non-hydrogen) atoms. The Labute approximate surface area is 230 Å². The molecular formula is C28H26Cl2N6O2. The molecule has 4 aromatic rings. The minimum Gasteiger partial charge on any atom is -0.495 e. The van der Waals surface area contributed by atoms with Gasteiger partial charge in [-0.15, -0.1) is 5.10 Å². The SMILES string of the molecule is COc1ccccc1NC(=O)C1=C(C)Nc2nc(-c3ccc(N(C)C)cc3)nn2C1c1ccc(Cl)cc1Cl. The topological polar surface area (TPSA) is 84.3 Å². The van der Waals surface area contributed by atoms with Gasteiger partial charge in [0.2, 0.25) is 5.95 Å². The first kappa shape index (κ1) is 25.6. The molecule has 5 rings (SSSR count). The molecule has 194 valence electrons. The third-order valence-electron chi connectivity index (χ3n) is 6.35. The molecule has 1 unspecified atom stereocenters. The first-order chi connectivity index (χ1) is 18.3. The van der Waals surface area contributed by atoms with Crippen LogP contribution < -0.4 is 20.3 Å². The number of allylic oxidation sites excluding steroid dienone is 1. The van der Waals surface area contributed by atoms with Crippen LogP contribution in [0.5, 0.6) is 5.75 Å². The van der Waals surface area contributed by atoms with Gasteiger partial charge in [0.1, 0.15) is 11.8 Å². The van der Waals surface area contributed by atoms with E-state index in [1.807, 2.05) is 62.3 Å². The Morgan fingerprint density at radius 1 is 1.08 bits per heavy atom.